The van der Waals surface area contributed by atoms with Crippen LogP contribution in [0.3, 0.4) is 0 Å². The number of halogens is 3. The van der Waals surface area contributed by atoms with Gasteiger partial charge in [-0.15, -0.1) is 0 Å². The van der Waals surface area contributed by atoms with Crippen molar-refractivity contribution in [2.75, 3.05) is 0 Å². The van der Waals surface area contributed by atoms with Crippen LogP contribution in [-0.2, 0) is 20.9 Å². The molecule has 1 heterocycles. The molecule has 0 saturated carbocycles. The highest BCUT2D eigenvalue weighted by atomic mass is 79.9. The van der Waals surface area contributed by atoms with Crippen LogP contribution >= 0.6 is 31.9 Å². The highest BCUT2D eigenvalue weighted by Gasteiger charge is 2.40. The first-order valence-corrected chi connectivity index (χ1v) is 9.64. The second kappa shape index (κ2) is 7.75. The maximum Gasteiger partial charge on any atom is 0.306 e. The fraction of sp³-hybridized carbons (Fsp3) is 0.471. The molecule has 0 spiro atoms. The number of carbonyl (C=O) groups is 3. The molecule has 1 aliphatic rings. The highest BCUT2D eigenvalue weighted by molar-refractivity contribution is 9.11. The molecule has 3 N–H and O–H groups in total. The quantitative estimate of drug-likeness (QED) is 0.468. The first-order chi connectivity index (χ1) is 12.3. The van der Waals surface area contributed by atoms with Crippen molar-refractivity contribution in [1.82, 2.24) is 4.90 Å². The summed E-state index contributed by atoms with van der Waals surface area (Å²) in [5, 5.41) is 10.1. The number of hydrogen-bond donors (Lipinski definition) is 2. The number of fused-ring (bicyclic) bond motifs is 1. The molecule has 1 atom stereocenters. The molecule has 0 fully saturated rings. The van der Waals surface area contributed by atoms with Gasteiger partial charge in [0.15, 0.2) is 5.82 Å². The number of hydrogen-bond acceptors (Lipinski definition) is 5. The fourth-order valence-corrected chi connectivity index (χ4v) is 4.12. The lowest BCUT2D eigenvalue weighted by molar-refractivity contribution is -0.155. The number of esters is 1. The van der Waals surface area contributed by atoms with E-state index in [0.29, 0.717) is 0 Å². The van der Waals surface area contributed by atoms with Crippen LogP contribution in [0, 0.1) is 5.82 Å². The lowest BCUT2D eigenvalue weighted by Gasteiger charge is -2.25. The minimum absolute atomic E-state index is 0.0496. The molecule has 7 nitrogen and oxygen atoms in total. The molecular weight excluding hydrogens is 491 g/mol. The van der Waals surface area contributed by atoms with E-state index in [2.05, 4.69) is 31.9 Å². The number of benzene rings is 1. The molecule has 10 heteroatoms. The van der Waals surface area contributed by atoms with Crippen molar-refractivity contribution in [1.29, 1.82) is 0 Å². The standard InChI is InChI=1S/C17H19Br2FN2O5/c1-17(2,3)27-9(23)5-4-8(15(21)25)22-6-7-10(16(22)26)11(18)13(20)12(19)14(7)24/h8,24H,4-6H2,1-3H3,(H2,21,25)/t8-/m0/s1. The summed E-state index contributed by atoms with van der Waals surface area (Å²) < 4.78 is 19.0. The average molecular weight is 510 g/mol. The van der Waals surface area contributed by atoms with Crippen molar-refractivity contribution in [2.24, 2.45) is 5.73 Å². The van der Waals surface area contributed by atoms with Gasteiger partial charge in [-0.05, 0) is 59.1 Å². The first kappa shape index (κ1) is 21.6. The number of nitrogens with two attached hydrogens (primary N) is 1. The zero-order chi connectivity index (χ0) is 20.7. The van der Waals surface area contributed by atoms with E-state index in [1.807, 2.05) is 0 Å². The van der Waals surface area contributed by atoms with Gasteiger partial charge in [-0.2, -0.15) is 0 Å². The van der Waals surface area contributed by atoms with E-state index in [0.717, 1.165) is 4.90 Å². The number of nitrogens with zero attached hydrogens (tertiary/aromatic N) is 1. The predicted molar refractivity (Wildman–Crippen MR) is 101 cm³/mol. The maximum absolute atomic E-state index is 14.1. The lowest BCUT2D eigenvalue weighted by Crippen LogP contribution is -2.45. The van der Waals surface area contributed by atoms with Crippen molar-refractivity contribution < 1.29 is 28.6 Å². The number of amides is 2. The molecule has 0 bridgehead atoms. The molecule has 0 radical (unpaired) electrons. The summed E-state index contributed by atoms with van der Waals surface area (Å²) in [6.45, 7) is 5.00. The van der Waals surface area contributed by atoms with Crippen LogP contribution in [0.25, 0.3) is 0 Å². The van der Waals surface area contributed by atoms with E-state index < -0.39 is 41.0 Å². The van der Waals surface area contributed by atoms with Gasteiger partial charge in [0.05, 0.1) is 21.1 Å². The molecule has 1 aliphatic heterocycles. The monoisotopic (exact) mass is 508 g/mol. The topological polar surface area (TPSA) is 110 Å². The molecule has 0 aliphatic carbocycles. The third kappa shape index (κ3) is 4.43. The lowest BCUT2D eigenvalue weighted by atomic mass is 10.1. The molecule has 27 heavy (non-hydrogen) atoms. The third-order valence-electron chi connectivity index (χ3n) is 3.95. The zero-order valence-electron chi connectivity index (χ0n) is 14.9. The fourth-order valence-electron chi connectivity index (χ4n) is 2.81. The summed E-state index contributed by atoms with van der Waals surface area (Å²) in [6.07, 6.45) is -0.178. The molecule has 0 saturated heterocycles. The second-order valence-electron chi connectivity index (χ2n) is 7.12. The van der Waals surface area contributed by atoms with E-state index in [-0.39, 0.29) is 39.5 Å². The summed E-state index contributed by atoms with van der Waals surface area (Å²) in [5.41, 5.74) is 4.84. The van der Waals surface area contributed by atoms with Crippen molar-refractivity contribution >= 4 is 49.6 Å². The van der Waals surface area contributed by atoms with Gasteiger partial charge in [0.2, 0.25) is 5.91 Å². The molecule has 1 aromatic carbocycles. The van der Waals surface area contributed by atoms with Gasteiger partial charge in [-0.3, -0.25) is 14.4 Å². The number of ether oxygens (including phenoxy) is 1. The van der Waals surface area contributed by atoms with E-state index >= 15 is 0 Å². The number of rotatable bonds is 5. The largest absolute Gasteiger partial charge is 0.506 e. The third-order valence-corrected chi connectivity index (χ3v) is 5.42. The zero-order valence-corrected chi connectivity index (χ0v) is 18.1. The van der Waals surface area contributed by atoms with E-state index in [1.165, 1.54) is 0 Å². The number of primary amides is 1. The second-order valence-corrected chi connectivity index (χ2v) is 8.71. The van der Waals surface area contributed by atoms with Crippen LogP contribution in [0.5, 0.6) is 5.75 Å². The van der Waals surface area contributed by atoms with Crippen LogP contribution in [0.15, 0.2) is 8.95 Å². The number of carbonyl (C=O) groups excluding carboxylic acids is 3. The van der Waals surface area contributed by atoms with Gasteiger partial charge in [-0.25, -0.2) is 4.39 Å². The molecule has 2 amide bonds. The van der Waals surface area contributed by atoms with Gasteiger partial charge in [-0.1, -0.05) is 0 Å². The first-order valence-electron chi connectivity index (χ1n) is 8.05. The molecule has 1 aromatic rings. The Morgan fingerprint density at radius 2 is 1.93 bits per heavy atom. The Labute approximate surface area is 172 Å². The predicted octanol–water partition coefficient (Wildman–Crippen LogP) is 2.99. The molecule has 148 valence electrons. The van der Waals surface area contributed by atoms with Gasteiger partial charge in [0.1, 0.15) is 17.4 Å². The number of phenolic OH excluding ortho intramolecular Hbond substituents is 1. The van der Waals surface area contributed by atoms with Crippen molar-refractivity contribution in [3.05, 3.63) is 25.9 Å². The summed E-state index contributed by atoms with van der Waals surface area (Å²) >= 11 is 5.94. The smallest absolute Gasteiger partial charge is 0.306 e. The maximum atomic E-state index is 14.1. The SMILES string of the molecule is CC(C)(C)OC(=O)CC[C@@H](C(N)=O)N1Cc2c(O)c(Br)c(F)c(Br)c2C1=O. The number of phenols is 1. The van der Waals surface area contributed by atoms with Gasteiger partial charge >= 0.3 is 5.97 Å². The Bertz CT molecular complexity index is 823. The van der Waals surface area contributed by atoms with Gasteiger partial charge in [0.25, 0.3) is 5.91 Å². The normalized spacial score (nSPS) is 14.9. The van der Waals surface area contributed by atoms with E-state index in [1.54, 1.807) is 20.8 Å². The van der Waals surface area contributed by atoms with Crippen molar-refractivity contribution in [2.45, 2.75) is 51.8 Å². The molecule has 0 aromatic heterocycles. The summed E-state index contributed by atoms with van der Waals surface area (Å²) in [4.78, 5) is 37.7. The van der Waals surface area contributed by atoms with Crippen LogP contribution < -0.4 is 5.73 Å². The van der Waals surface area contributed by atoms with Crippen molar-refractivity contribution in [3.63, 3.8) is 0 Å². The van der Waals surface area contributed by atoms with Crippen LogP contribution in [0.4, 0.5) is 4.39 Å². The van der Waals surface area contributed by atoms with Crippen LogP contribution in [0.1, 0.15) is 49.5 Å². The summed E-state index contributed by atoms with van der Waals surface area (Å²) in [5.74, 6) is -3.25. The Balaban J connectivity index is 2.26. The van der Waals surface area contributed by atoms with Crippen LogP contribution in [-0.4, -0.2) is 39.4 Å². The van der Waals surface area contributed by atoms with E-state index in [4.69, 9.17) is 10.5 Å². The Morgan fingerprint density at radius 3 is 2.44 bits per heavy atom. The molecule has 2 rings (SSSR count). The number of aromatic hydroxyl groups is 1. The molecule has 0 unspecified atom stereocenters. The minimum atomic E-state index is -1.11. The average Bonchev–Trinajstić information content (AvgIpc) is 2.87. The minimum Gasteiger partial charge on any atom is -0.506 e. The van der Waals surface area contributed by atoms with Crippen LogP contribution in [0.2, 0.25) is 0 Å². The molecular formula is C17H19Br2FN2O5. The Kier molecular flexibility index (Phi) is 6.20. The van der Waals surface area contributed by atoms with Gasteiger partial charge in [0, 0.05) is 12.0 Å². The van der Waals surface area contributed by atoms with Crippen molar-refractivity contribution in [3.8, 4) is 5.75 Å². The van der Waals surface area contributed by atoms with E-state index in [9.17, 15) is 23.9 Å². The highest BCUT2D eigenvalue weighted by Crippen LogP contribution is 2.43. The Morgan fingerprint density at radius 1 is 1.33 bits per heavy atom. The summed E-state index contributed by atoms with van der Waals surface area (Å²) in [7, 11) is 0. The Hall–Kier alpha value is -1.68. The summed E-state index contributed by atoms with van der Waals surface area (Å²) in [6, 6.07) is -1.11. The van der Waals surface area contributed by atoms with Gasteiger partial charge < -0.3 is 20.5 Å².